The second kappa shape index (κ2) is 6.48. The summed E-state index contributed by atoms with van der Waals surface area (Å²) in [5.74, 6) is 0.831. The molecule has 0 unspecified atom stereocenters. The fourth-order valence-corrected chi connectivity index (χ4v) is 1.92. The van der Waals surface area contributed by atoms with E-state index >= 15 is 0 Å². The van der Waals surface area contributed by atoms with Crippen molar-refractivity contribution in [2.45, 2.75) is 6.92 Å². The Labute approximate surface area is 114 Å². The van der Waals surface area contributed by atoms with E-state index in [9.17, 15) is 4.79 Å². The highest BCUT2D eigenvalue weighted by Crippen LogP contribution is 2.34. The SMILES string of the molecule is C=Cc1cc(I)c(OC(=O)OCC)c(OC)c1. The van der Waals surface area contributed by atoms with Gasteiger partial charge in [0.25, 0.3) is 0 Å². The number of carbonyl (C=O) groups is 1. The van der Waals surface area contributed by atoms with Crippen molar-refractivity contribution in [2.24, 2.45) is 0 Å². The van der Waals surface area contributed by atoms with Gasteiger partial charge in [-0.1, -0.05) is 12.7 Å². The number of rotatable bonds is 4. The molecule has 0 aliphatic rings. The van der Waals surface area contributed by atoms with Gasteiger partial charge in [-0.25, -0.2) is 4.79 Å². The lowest BCUT2D eigenvalue weighted by Gasteiger charge is -2.11. The number of hydrogen-bond donors (Lipinski definition) is 0. The van der Waals surface area contributed by atoms with Crippen LogP contribution < -0.4 is 9.47 Å². The van der Waals surface area contributed by atoms with Crippen molar-refractivity contribution in [3.63, 3.8) is 0 Å². The number of ether oxygens (including phenoxy) is 3. The lowest BCUT2D eigenvalue weighted by molar-refractivity contribution is 0.103. The van der Waals surface area contributed by atoms with Gasteiger partial charge >= 0.3 is 6.16 Å². The van der Waals surface area contributed by atoms with E-state index in [2.05, 4.69) is 29.2 Å². The lowest BCUT2D eigenvalue weighted by Crippen LogP contribution is -2.11. The van der Waals surface area contributed by atoms with Gasteiger partial charge in [0.15, 0.2) is 11.5 Å². The van der Waals surface area contributed by atoms with Crippen molar-refractivity contribution >= 4 is 34.8 Å². The Morgan fingerprint density at radius 2 is 2.24 bits per heavy atom. The van der Waals surface area contributed by atoms with Gasteiger partial charge in [-0.2, -0.15) is 0 Å². The van der Waals surface area contributed by atoms with E-state index in [0.29, 0.717) is 11.5 Å². The third-order valence-electron chi connectivity index (χ3n) is 1.94. The Bertz CT molecular complexity index is 429. The topological polar surface area (TPSA) is 44.8 Å². The van der Waals surface area contributed by atoms with E-state index in [0.717, 1.165) is 9.13 Å². The third kappa shape index (κ3) is 3.62. The average Bonchev–Trinajstić information content (AvgIpc) is 2.31. The first kappa shape index (κ1) is 13.8. The monoisotopic (exact) mass is 348 g/mol. The van der Waals surface area contributed by atoms with Crippen molar-refractivity contribution in [2.75, 3.05) is 13.7 Å². The molecule has 0 spiro atoms. The molecule has 0 amide bonds. The van der Waals surface area contributed by atoms with Gasteiger partial charge in [0.1, 0.15) is 0 Å². The maximum atomic E-state index is 11.3. The number of benzene rings is 1. The second-order valence-electron chi connectivity index (χ2n) is 3.02. The molecule has 1 aromatic rings. The van der Waals surface area contributed by atoms with Gasteiger partial charge in [-0.3, -0.25) is 0 Å². The second-order valence-corrected chi connectivity index (χ2v) is 4.19. The van der Waals surface area contributed by atoms with E-state index in [-0.39, 0.29) is 6.61 Å². The molecule has 0 atom stereocenters. The molecule has 92 valence electrons. The van der Waals surface area contributed by atoms with Crippen molar-refractivity contribution in [1.82, 2.24) is 0 Å². The molecular weight excluding hydrogens is 335 g/mol. The van der Waals surface area contributed by atoms with Crippen LogP contribution in [-0.4, -0.2) is 19.9 Å². The molecule has 0 bridgehead atoms. The Morgan fingerprint density at radius 1 is 1.53 bits per heavy atom. The number of methoxy groups -OCH3 is 1. The third-order valence-corrected chi connectivity index (χ3v) is 2.74. The zero-order valence-corrected chi connectivity index (χ0v) is 11.8. The van der Waals surface area contributed by atoms with Crippen LogP contribution in [0.5, 0.6) is 11.5 Å². The fourth-order valence-electron chi connectivity index (χ4n) is 1.19. The summed E-state index contributed by atoms with van der Waals surface area (Å²) in [5, 5.41) is 0. The van der Waals surface area contributed by atoms with Crippen molar-refractivity contribution in [1.29, 1.82) is 0 Å². The van der Waals surface area contributed by atoms with Crippen LogP contribution in [-0.2, 0) is 4.74 Å². The highest BCUT2D eigenvalue weighted by Gasteiger charge is 2.15. The minimum absolute atomic E-state index is 0.266. The molecule has 0 radical (unpaired) electrons. The van der Waals surface area contributed by atoms with E-state index in [1.54, 1.807) is 19.1 Å². The van der Waals surface area contributed by atoms with E-state index in [4.69, 9.17) is 14.2 Å². The molecule has 0 saturated heterocycles. The van der Waals surface area contributed by atoms with Gasteiger partial charge in [0.05, 0.1) is 17.3 Å². The summed E-state index contributed by atoms with van der Waals surface area (Å²) in [4.78, 5) is 11.3. The first-order valence-corrected chi connectivity index (χ1v) is 6.04. The molecule has 1 rings (SSSR count). The van der Waals surface area contributed by atoms with Crippen LogP contribution in [0.15, 0.2) is 18.7 Å². The molecule has 0 N–H and O–H groups in total. The Hall–Kier alpha value is -1.24. The zero-order chi connectivity index (χ0) is 12.8. The van der Waals surface area contributed by atoms with Gasteiger partial charge in [0.2, 0.25) is 0 Å². The quantitative estimate of drug-likeness (QED) is 0.475. The average molecular weight is 348 g/mol. The van der Waals surface area contributed by atoms with Gasteiger partial charge < -0.3 is 14.2 Å². The molecule has 17 heavy (non-hydrogen) atoms. The van der Waals surface area contributed by atoms with Crippen LogP contribution in [0.3, 0.4) is 0 Å². The Balaban J connectivity index is 3.05. The first-order chi connectivity index (χ1) is 8.12. The summed E-state index contributed by atoms with van der Waals surface area (Å²) < 4.78 is 15.7. The fraction of sp³-hybridized carbons (Fsp3) is 0.250. The minimum Gasteiger partial charge on any atom is -0.493 e. The molecule has 0 aromatic heterocycles. The lowest BCUT2D eigenvalue weighted by atomic mass is 10.2. The van der Waals surface area contributed by atoms with Gasteiger partial charge in [0, 0.05) is 0 Å². The van der Waals surface area contributed by atoms with E-state index in [1.807, 2.05) is 6.07 Å². The number of carbonyl (C=O) groups excluding carboxylic acids is 1. The van der Waals surface area contributed by atoms with Crippen LogP contribution in [0.2, 0.25) is 0 Å². The zero-order valence-electron chi connectivity index (χ0n) is 9.66. The van der Waals surface area contributed by atoms with Crippen LogP contribution in [0, 0.1) is 3.57 Å². The summed E-state index contributed by atoms with van der Waals surface area (Å²) >= 11 is 2.06. The highest BCUT2D eigenvalue weighted by atomic mass is 127. The summed E-state index contributed by atoms with van der Waals surface area (Å²) in [6, 6.07) is 3.58. The predicted molar refractivity (Wildman–Crippen MR) is 73.5 cm³/mol. The first-order valence-electron chi connectivity index (χ1n) is 4.97. The Morgan fingerprint density at radius 3 is 2.76 bits per heavy atom. The minimum atomic E-state index is -0.741. The number of halogens is 1. The molecule has 0 heterocycles. The molecule has 4 nitrogen and oxygen atoms in total. The van der Waals surface area contributed by atoms with Crippen LogP contribution in [0.25, 0.3) is 6.08 Å². The molecule has 5 heteroatoms. The molecule has 0 fully saturated rings. The van der Waals surface area contributed by atoms with E-state index in [1.165, 1.54) is 7.11 Å². The van der Waals surface area contributed by atoms with Crippen LogP contribution in [0.4, 0.5) is 4.79 Å². The molecule has 0 aliphatic heterocycles. The smallest absolute Gasteiger partial charge is 0.493 e. The van der Waals surface area contributed by atoms with Crippen molar-refractivity contribution in [3.05, 3.63) is 27.8 Å². The predicted octanol–water partition coefficient (Wildman–Crippen LogP) is 3.48. The summed E-state index contributed by atoms with van der Waals surface area (Å²) in [6.07, 6.45) is 0.953. The van der Waals surface area contributed by atoms with Crippen molar-refractivity contribution < 1.29 is 19.0 Å². The van der Waals surface area contributed by atoms with Crippen LogP contribution >= 0.6 is 22.6 Å². The maximum absolute atomic E-state index is 11.3. The highest BCUT2D eigenvalue weighted by molar-refractivity contribution is 14.1. The summed E-state index contributed by atoms with van der Waals surface area (Å²) in [6.45, 7) is 5.66. The standard InChI is InChI=1S/C12H13IO4/c1-4-8-6-9(13)11(10(7-8)15-3)17-12(14)16-5-2/h4,6-7H,1,5H2,2-3H3. The molecule has 0 saturated carbocycles. The largest absolute Gasteiger partial charge is 0.514 e. The summed E-state index contributed by atoms with van der Waals surface area (Å²) in [5.41, 5.74) is 0.891. The van der Waals surface area contributed by atoms with Gasteiger partial charge in [-0.05, 0) is 47.2 Å². The number of hydrogen-bond acceptors (Lipinski definition) is 4. The van der Waals surface area contributed by atoms with Crippen LogP contribution in [0.1, 0.15) is 12.5 Å². The normalized spacial score (nSPS) is 9.59. The summed E-state index contributed by atoms with van der Waals surface area (Å²) in [7, 11) is 1.51. The van der Waals surface area contributed by atoms with Gasteiger partial charge in [-0.15, -0.1) is 0 Å². The van der Waals surface area contributed by atoms with Crippen molar-refractivity contribution in [3.8, 4) is 11.5 Å². The maximum Gasteiger partial charge on any atom is 0.514 e. The van der Waals surface area contributed by atoms with E-state index < -0.39 is 6.16 Å². The molecular formula is C12H13IO4. The molecule has 1 aromatic carbocycles. The Kier molecular flexibility index (Phi) is 5.27. The molecule has 0 aliphatic carbocycles.